The van der Waals surface area contributed by atoms with Gasteiger partial charge in [-0.2, -0.15) is 0 Å². The Morgan fingerprint density at radius 2 is 1.10 bits per heavy atom. The molecule has 0 aliphatic rings. The van der Waals surface area contributed by atoms with Crippen molar-refractivity contribution < 1.29 is 0 Å². The summed E-state index contributed by atoms with van der Waals surface area (Å²) in [6.45, 7) is 10.9. The van der Waals surface area contributed by atoms with E-state index in [-0.39, 0.29) is 0 Å². The fourth-order valence-corrected chi connectivity index (χ4v) is 1.15. The molecular formula is C19H32N2. The zero-order valence-corrected chi connectivity index (χ0v) is 14.5. The average Bonchev–Trinajstić information content (AvgIpc) is 2.52. The maximum Gasteiger partial charge on any atom is 0.0267 e. The molecule has 2 rings (SSSR count). The third kappa shape index (κ3) is 18.3. The Balaban J connectivity index is 0. The lowest BCUT2D eigenvalue weighted by molar-refractivity contribution is 0.737. The van der Waals surface area contributed by atoms with E-state index in [1.54, 1.807) is 12.4 Å². The van der Waals surface area contributed by atoms with Crippen LogP contribution in [0.1, 0.15) is 46.1 Å². The van der Waals surface area contributed by atoms with Gasteiger partial charge in [0, 0.05) is 12.4 Å². The highest BCUT2D eigenvalue weighted by Crippen LogP contribution is 2.11. The van der Waals surface area contributed by atoms with Gasteiger partial charge in [-0.05, 0) is 36.6 Å². The van der Waals surface area contributed by atoms with E-state index in [2.05, 4.69) is 69.6 Å². The quantitative estimate of drug-likeness (QED) is 0.790. The molecule has 2 nitrogen and oxygen atoms in total. The molecule has 0 spiro atoms. The number of rotatable bonds is 1. The molecule has 1 aromatic heterocycles. The van der Waals surface area contributed by atoms with Gasteiger partial charge in [-0.3, -0.25) is 4.98 Å². The van der Waals surface area contributed by atoms with Crippen molar-refractivity contribution in [1.82, 2.24) is 4.98 Å². The zero-order valence-electron chi connectivity index (χ0n) is 14.5. The van der Waals surface area contributed by atoms with Crippen LogP contribution in [-0.2, 0) is 0 Å². The highest BCUT2D eigenvalue weighted by atomic mass is 14.6. The van der Waals surface area contributed by atoms with Gasteiger partial charge in [0.2, 0.25) is 0 Å². The lowest BCUT2D eigenvalue weighted by Crippen LogP contribution is -1.83. The number of benzene rings is 1. The van der Waals surface area contributed by atoms with Gasteiger partial charge in [-0.15, -0.1) is 0 Å². The summed E-state index contributed by atoms with van der Waals surface area (Å²) >= 11 is 0. The van der Waals surface area contributed by atoms with E-state index >= 15 is 0 Å². The second-order valence-electron chi connectivity index (χ2n) is 5.32. The molecule has 0 atom stereocenters. The Hall–Kier alpha value is -1.67. The number of pyridine rings is 1. The standard InChI is InChI=1S/C9H12.C5H5N.C4H10.CH5N/c1-8(2)9-6-4-3-5-7-9;1-2-4-6-5-3-1;1-4(2)3;1-2/h3-8H,1-2H3;1-5H;4H,1-3H3;2H2,1H3. The van der Waals surface area contributed by atoms with E-state index in [4.69, 9.17) is 0 Å². The predicted molar refractivity (Wildman–Crippen MR) is 95.4 cm³/mol. The Morgan fingerprint density at radius 1 is 0.714 bits per heavy atom. The predicted octanol–water partition coefficient (Wildman–Crippen LogP) is 5.13. The van der Waals surface area contributed by atoms with Crippen LogP contribution in [0.25, 0.3) is 0 Å². The molecule has 0 saturated carbocycles. The maximum absolute atomic E-state index is 4.50. The van der Waals surface area contributed by atoms with Crippen molar-refractivity contribution in [3.05, 3.63) is 66.5 Å². The molecule has 0 bridgehead atoms. The third-order valence-electron chi connectivity index (χ3n) is 2.03. The van der Waals surface area contributed by atoms with Crippen LogP contribution in [0, 0.1) is 5.92 Å². The van der Waals surface area contributed by atoms with Gasteiger partial charge in [0.15, 0.2) is 0 Å². The fraction of sp³-hybridized carbons (Fsp3) is 0.421. The topological polar surface area (TPSA) is 38.9 Å². The van der Waals surface area contributed by atoms with Gasteiger partial charge in [-0.25, -0.2) is 0 Å². The second kappa shape index (κ2) is 16.4. The number of nitrogens with zero attached hydrogens (tertiary/aromatic N) is 1. The summed E-state index contributed by atoms with van der Waals surface area (Å²) in [5.41, 5.74) is 5.91. The first-order chi connectivity index (χ1) is 10.0. The fourth-order valence-electron chi connectivity index (χ4n) is 1.15. The van der Waals surface area contributed by atoms with Crippen LogP contribution in [0.2, 0.25) is 0 Å². The SMILES string of the molecule is CC(C)C.CC(C)c1ccccc1.CN.c1ccncc1. The molecule has 0 fully saturated rings. The van der Waals surface area contributed by atoms with Crippen molar-refractivity contribution in [1.29, 1.82) is 0 Å². The first-order valence-corrected chi connectivity index (χ1v) is 7.51. The third-order valence-corrected chi connectivity index (χ3v) is 2.03. The van der Waals surface area contributed by atoms with Crippen molar-refractivity contribution in [2.45, 2.75) is 40.5 Å². The molecule has 118 valence electrons. The average molecular weight is 288 g/mol. The summed E-state index contributed by atoms with van der Waals surface area (Å²) in [5.74, 6) is 1.49. The maximum atomic E-state index is 4.50. The van der Waals surface area contributed by atoms with E-state index < -0.39 is 0 Å². The van der Waals surface area contributed by atoms with Gasteiger partial charge in [-0.1, -0.05) is 71.0 Å². The zero-order chi connectivity index (χ0) is 16.5. The first kappa shape index (κ1) is 21.6. The minimum absolute atomic E-state index is 0.659. The van der Waals surface area contributed by atoms with Crippen LogP contribution in [0.3, 0.4) is 0 Å². The van der Waals surface area contributed by atoms with Crippen LogP contribution in [0.5, 0.6) is 0 Å². The normalized spacial score (nSPS) is 8.62. The molecule has 21 heavy (non-hydrogen) atoms. The molecule has 1 heterocycles. The summed E-state index contributed by atoms with van der Waals surface area (Å²) in [6.07, 6.45) is 3.50. The van der Waals surface area contributed by atoms with Gasteiger partial charge >= 0.3 is 0 Å². The number of nitrogens with two attached hydrogens (primary N) is 1. The molecular weight excluding hydrogens is 256 g/mol. The van der Waals surface area contributed by atoms with Gasteiger partial charge in [0.05, 0.1) is 0 Å². The van der Waals surface area contributed by atoms with Crippen molar-refractivity contribution >= 4 is 0 Å². The molecule has 0 amide bonds. The van der Waals surface area contributed by atoms with E-state index in [9.17, 15) is 0 Å². The molecule has 0 aliphatic carbocycles. The minimum Gasteiger partial charge on any atom is -0.333 e. The van der Waals surface area contributed by atoms with Crippen LogP contribution in [0.15, 0.2) is 60.9 Å². The lowest BCUT2D eigenvalue weighted by Gasteiger charge is -2.01. The minimum atomic E-state index is 0.659. The number of aromatic nitrogens is 1. The van der Waals surface area contributed by atoms with Gasteiger partial charge < -0.3 is 5.73 Å². The van der Waals surface area contributed by atoms with Crippen LogP contribution in [-0.4, -0.2) is 12.0 Å². The number of hydrogen-bond acceptors (Lipinski definition) is 2. The smallest absolute Gasteiger partial charge is 0.0267 e. The van der Waals surface area contributed by atoms with Crippen molar-refractivity contribution in [2.24, 2.45) is 11.7 Å². The van der Waals surface area contributed by atoms with Crippen LogP contribution in [0.4, 0.5) is 0 Å². The van der Waals surface area contributed by atoms with Gasteiger partial charge in [0.25, 0.3) is 0 Å². The number of hydrogen-bond donors (Lipinski definition) is 1. The Kier molecular flexibility index (Phi) is 16.9. The van der Waals surface area contributed by atoms with Crippen molar-refractivity contribution in [3.63, 3.8) is 0 Å². The summed E-state index contributed by atoms with van der Waals surface area (Å²) in [4.78, 5) is 3.78. The van der Waals surface area contributed by atoms with Crippen LogP contribution >= 0.6 is 0 Å². The molecule has 0 aliphatic heterocycles. The van der Waals surface area contributed by atoms with Crippen LogP contribution < -0.4 is 5.73 Å². The summed E-state index contributed by atoms with van der Waals surface area (Å²) in [7, 11) is 1.50. The second-order valence-corrected chi connectivity index (χ2v) is 5.32. The molecule has 0 unspecified atom stereocenters. The Morgan fingerprint density at radius 3 is 1.29 bits per heavy atom. The summed E-state index contributed by atoms with van der Waals surface area (Å²) in [5, 5.41) is 0. The van der Waals surface area contributed by atoms with Crippen molar-refractivity contribution in [3.8, 4) is 0 Å². The molecule has 0 saturated heterocycles. The van der Waals surface area contributed by atoms with Crippen molar-refractivity contribution in [2.75, 3.05) is 7.05 Å². The molecule has 2 N–H and O–H groups in total. The molecule has 0 radical (unpaired) electrons. The summed E-state index contributed by atoms with van der Waals surface area (Å²) in [6, 6.07) is 16.2. The lowest BCUT2D eigenvalue weighted by atomic mass is 10.0. The first-order valence-electron chi connectivity index (χ1n) is 7.51. The highest BCUT2D eigenvalue weighted by Gasteiger charge is 1.93. The highest BCUT2D eigenvalue weighted by molar-refractivity contribution is 5.17. The molecule has 2 heteroatoms. The summed E-state index contributed by atoms with van der Waals surface area (Å²) < 4.78 is 0. The van der Waals surface area contributed by atoms with E-state index in [0.717, 1.165) is 5.92 Å². The molecule has 2 aromatic rings. The largest absolute Gasteiger partial charge is 0.333 e. The van der Waals surface area contributed by atoms with E-state index in [1.165, 1.54) is 12.6 Å². The van der Waals surface area contributed by atoms with E-state index in [0.29, 0.717) is 5.92 Å². The Labute approximate surface area is 131 Å². The van der Waals surface area contributed by atoms with Gasteiger partial charge in [0.1, 0.15) is 0 Å². The van der Waals surface area contributed by atoms with E-state index in [1.807, 2.05) is 24.3 Å². The Bertz CT molecular complexity index is 353. The monoisotopic (exact) mass is 288 g/mol. The molecule has 1 aromatic carbocycles.